The minimum Gasteiger partial charge on any atom is -0.426 e. The largest absolute Gasteiger partial charge is 0.475 e. The quantitative estimate of drug-likeness (QED) is 0.178. The summed E-state index contributed by atoms with van der Waals surface area (Å²) in [6, 6.07) is 6.13. The number of benzene rings is 1. The van der Waals surface area contributed by atoms with Crippen molar-refractivity contribution in [3.8, 4) is 5.75 Å². The molecule has 0 fully saturated rings. The van der Waals surface area contributed by atoms with Gasteiger partial charge in [-0.1, -0.05) is 12.1 Å². The summed E-state index contributed by atoms with van der Waals surface area (Å²) >= 11 is 0. The second kappa shape index (κ2) is 15.4. The molecule has 0 heterocycles. The normalized spacial score (nSPS) is 12.9. The van der Waals surface area contributed by atoms with E-state index in [2.05, 4.69) is 5.32 Å². The van der Waals surface area contributed by atoms with E-state index in [1.807, 2.05) is 0 Å². The van der Waals surface area contributed by atoms with Gasteiger partial charge in [-0.25, -0.2) is 9.13 Å². The number of hydrogen-bond donors (Lipinski definition) is 1. The van der Waals surface area contributed by atoms with Crippen molar-refractivity contribution >= 4 is 27.5 Å². The van der Waals surface area contributed by atoms with E-state index in [-0.39, 0.29) is 44.3 Å². The molecule has 1 aromatic carbocycles. The Balaban J connectivity index is 3.04. The van der Waals surface area contributed by atoms with Gasteiger partial charge < -0.3 is 10.1 Å². The molecule has 0 bridgehead atoms. The highest BCUT2D eigenvalue weighted by atomic mass is 31.2. The predicted molar refractivity (Wildman–Crippen MR) is 123 cm³/mol. The molecule has 12 nitrogen and oxygen atoms in total. The summed E-state index contributed by atoms with van der Waals surface area (Å²) in [5.74, 6) is -1.13. The van der Waals surface area contributed by atoms with Gasteiger partial charge in [-0.3, -0.25) is 36.7 Å². The van der Waals surface area contributed by atoms with Crippen LogP contribution in [-0.2, 0) is 41.1 Å². The predicted octanol–water partition coefficient (Wildman–Crippen LogP) is 4.11. The van der Waals surface area contributed by atoms with Gasteiger partial charge >= 0.3 is 21.6 Å². The molecule has 14 heteroatoms. The Bertz CT molecular complexity index is 860. The third-order valence-electron chi connectivity index (χ3n) is 3.72. The van der Waals surface area contributed by atoms with Gasteiger partial charge in [0.1, 0.15) is 11.9 Å². The molecule has 0 radical (unpaired) electrons. The number of phosphoric ester groups is 2. The van der Waals surface area contributed by atoms with Gasteiger partial charge in [-0.15, -0.1) is 0 Å². The lowest BCUT2D eigenvalue weighted by molar-refractivity contribution is -0.131. The molecule has 0 aliphatic carbocycles. The minimum atomic E-state index is -4.02. The highest BCUT2D eigenvalue weighted by Gasteiger charge is 2.34. The van der Waals surface area contributed by atoms with Gasteiger partial charge in [-0.2, -0.15) is 0 Å². The molecule has 1 amide bonds. The second-order valence-electron chi connectivity index (χ2n) is 6.39. The minimum absolute atomic E-state index is 0.0311. The molecule has 194 valence electrons. The van der Waals surface area contributed by atoms with Crippen molar-refractivity contribution < 1.29 is 50.6 Å². The van der Waals surface area contributed by atoms with Crippen molar-refractivity contribution in [2.45, 2.75) is 40.7 Å². The van der Waals surface area contributed by atoms with Crippen LogP contribution >= 0.6 is 15.6 Å². The molecule has 0 spiro atoms. The number of hydrogen-bond acceptors (Lipinski definition) is 11. The number of carbonyl (C=O) groups is 2. The summed E-state index contributed by atoms with van der Waals surface area (Å²) in [5.41, 5.74) is 0.0875. The Morgan fingerprint density at radius 3 is 1.91 bits per heavy atom. The van der Waals surface area contributed by atoms with E-state index in [1.165, 1.54) is 19.1 Å². The van der Waals surface area contributed by atoms with Crippen molar-refractivity contribution in [1.82, 2.24) is 5.32 Å². The fraction of sp³-hybridized carbons (Fsp3) is 0.600. The summed E-state index contributed by atoms with van der Waals surface area (Å²) < 4.78 is 61.8. The molecule has 1 unspecified atom stereocenters. The standard InChI is InChI=1S/C20H33NO11P2/c1-6-26-33(24,27-7-2)30-15-17(32-34(25,28-8-3)29-9-4)14-21-20(23)18-12-10-11-13-19(18)31-16(5)22/h10-13,17H,6-9,14-15H2,1-5H3,(H,21,23). The average molecular weight is 525 g/mol. The summed E-state index contributed by atoms with van der Waals surface area (Å²) in [5, 5.41) is 2.58. The number of esters is 1. The Kier molecular flexibility index (Phi) is 13.8. The highest BCUT2D eigenvalue weighted by Crippen LogP contribution is 2.52. The van der Waals surface area contributed by atoms with Crippen LogP contribution < -0.4 is 10.1 Å². The molecular weight excluding hydrogens is 492 g/mol. The lowest BCUT2D eigenvalue weighted by Crippen LogP contribution is -2.36. The first-order valence-electron chi connectivity index (χ1n) is 10.8. The van der Waals surface area contributed by atoms with E-state index in [4.69, 9.17) is 31.9 Å². The molecule has 1 N–H and O–H groups in total. The molecular formula is C20H33NO11P2. The summed E-state index contributed by atoms with van der Waals surface area (Å²) in [6.45, 7) is 7.13. The fourth-order valence-corrected chi connectivity index (χ4v) is 5.06. The van der Waals surface area contributed by atoms with Gasteiger partial charge in [0.05, 0.1) is 38.6 Å². The van der Waals surface area contributed by atoms with Crippen LogP contribution in [0, 0.1) is 0 Å². The first kappa shape index (κ1) is 30.4. The Labute approximate surface area is 199 Å². The topological polar surface area (TPSA) is 145 Å². The first-order valence-corrected chi connectivity index (χ1v) is 13.7. The number of amides is 1. The van der Waals surface area contributed by atoms with Crippen molar-refractivity contribution in [2.24, 2.45) is 0 Å². The molecule has 34 heavy (non-hydrogen) atoms. The molecule has 0 saturated heterocycles. The van der Waals surface area contributed by atoms with E-state index in [0.29, 0.717) is 0 Å². The number of ether oxygens (including phenoxy) is 1. The molecule has 0 aliphatic heterocycles. The smallest absolute Gasteiger partial charge is 0.426 e. The van der Waals surface area contributed by atoms with Crippen LogP contribution in [0.2, 0.25) is 0 Å². The van der Waals surface area contributed by atoms with Crippen LogP contribution in [0.1, 0.15) is 45.0 Å². The maximum atomic E-state index is 12.9. The lowest BCUT2D eigenvalue weighted by atomic mass is 10.2. The van der Waals surface area contributed by atoms with Crippen LogP contribution in [-0.4, -0.2) is 57.6 Å². The van der Waals surface area contributed by atoms with E-state index in [1.54, 1.807) is 39.8 Å². The fourth-order valence-electron chi connectivity index (χ4n) is 2.53. The second-order valence-corrected chi connectivity index (χ2v) is 9.68. The number of phosphoric acid groups is 2. The van der Waals surface area contributed by atoms with Gasteiger partial charge in [0.25, 0.3) is 5.91 Å². The number of nitrogens with one attached hydrogen (secondary N) is 1. The highest BCUT2D eigenvalue weighted by molar-refractivity contribution is 7.48. The van der Waals surface area contributed by atoms with E-state index in [0.717, 1.165) is 0 Å². The average Bonchev–Trinajstić information content (AvgIpc) is 2.76. The van der Waals surface area contributed by atoms with Crippen LogP contribution in [0.15, 0.2) is 24.3 Å². The van der Waals surface area contributed by atoms with Crippen molar-refractivity contribution in [3.63, 3.8) is 0 Å². The van der Waals surface area contributed by atoms with Crippen LogP contribution in [0.3, 0.4) is 0 Å². The molecule has 0 aromatic heterocycles. The first-order chi connectivity index (χ1) is 16.1. The summed E-state index contributed by atoms with van der Waals surface area (Å²) in [4.78, 5) is 24.1. The van der Waals surface area contributed by atoms with E-state index < -0.39 is 40.2 Å². The maximum absolute atomic E-state index is 12.9. The Morgan fingerprint density at radius 1 is 0.853 bits per heavy atom. The molecule has 1 rings (SSSR count). The van der Waals surface area contributed by atoms with Gasteiger partial charge in [0, 0.05) is 13.5 Å². The van der Waals surface area contributed by atoms with Crippen molar-refractivity contribution in [1.29, 1.82) is 0 Å². The van der Waals surface area contributed by atoms with Crippen molar-refractivity contribution in [2.75, 3.05) is 39.6 Å². The van der Waals surface area contributed by atoms with Crippen LogP contribution in [0.25, 0.3) is 0 Å². The van der Waals surface area contributed by atoms with Gasteiger partial charge in [-0.05, 0) is 39.8 Å². The van der Waals surface area contributed by atoms with Gasteiger partial charge in [0.15, 0.2) is 0 Å². The summed E-state index contributed by atoms with van der Waals surface area (Å²) in [6.07, 6.45) is -1.14. The van der Waals surface area contributed by atoms with Crippen LogP contribution in [0.5, 0.6) is 5.75 Å². The van der Waals surface area contributed by atoms with Crippen LogP contribution in [0.4, 0.5) is 0 Å². The Hall–Kier alpha value is -1.62. The number of carbonyl (C=O) groups excluding carboxylic acids is 2. The third-order valence-corrected chi connectivity index (χ3v) is 7.04. The summed E-state index contributed by atoms with van der Waals surface area (Å²) in [7, 11) is -7.94. The zero-order valence-corrected chi connectivity index (χ0v) is 21.8. The van der Waals surface area contributed by atoms with E-state index >= 15 is 0 Å². The molecule has 1 aromatic rings. The Morgan fingerprint density at radius 2 is 1.38 bits per heavy atom. The van der Waals surface area contributed by atoms with Crippen molar-refractivity contribution in [3.05, 3.63) is 29.8 Å². The zero-order valence-electron chi connectivity index (χ0n) is 20.0. The molecule has 0 aliphatic rings. The van der Waals surface area contributed by atoms with Gasteiger partial charge in [0.2, 0.25) is 0 Å². The maximum Gasteiger partial charge on any atom is 0.475 e. The molecule has 0 saturated carbocycles. The number of rotatable bonds is 17. The monoisotopic (exact) mass is 525 g/mol. The number of para-hydroxylation sites is 1. The zero-order chi connectivity index (χ0) is 25.6. The SMILES string of the molecule is CCOP(=O)(OCC)OCC(CNC(=O)c1ccccc1OC(C)=O)OP(=O)(OCC)OCC. The third kappa shape index (κ3) is 10.8. The molecule has 1 atom stereocenters. The van der Waals surface area contributed by atoms with E-state index in [9.17, 15) is 18.7 Å². The lowest BCUT2D eigenvalue weighted by Gasteiger charge is -2.25.